The maximum atomic E-state index is 2.49. The molecule has 0 bridgehead atoms. The number of hydrogen-bond acceptors (Lipinski definition) is 2. The standard InChI is InChI=1S/C58H44N2S/c1-3-16-39(17-4-1)45-25-13-18-41-19-14-27-51(57(41)45)48-23-8-10-29-53(48)59(43-34-32-40(33-35-43)46-26-15-28-52-50-24-9-12-31-56(50)61-58(46)52)44-36-37-49-47-22-7-11-30-54(47)60(55(49)38-44)42-20-5-2-6-21-42/h2,5-15,18-39H,1,3-4,16-17H2. The number of aromatic nitrogens is 1. The van der Waals surface area contributed by atoms with Gasteiger partial charge in [0.15, 0.2) is 0 Å². The average molecular weight is 801 g/mol. The zero-order valence-electron chi connectivity index (χ0n) is 34.0. The summed E-state index contributed by atoms with van der Waals surface area (Å²) >= 11 is 1.89. The second-order valence-corrected chi connectivity index (χ2v) is 17.7. The summed E-state index contributed by atoms with van der Waals surface area (Å²) in [6.07, 6.45) is 6.49. The number of nitrogens with zero attached hydrogens (tertiary/aromatic N) is 2. The van der Waals surface area contributed by atoms with Gasteiger partial charge in [-0.15, -0.1) is 11.3 Å². The van der Waals surface area contributed by atoms with Gasteiger partial charge in [0.25, 0.3) is 0 Å². The molecule has 2 aromatic heterocycles. The third-order valence-electron chi connectivity index (χ3n) is 13.2. The van der Waals surface area contributed by atoms with Crippen molar-refractivity contribution >= 4 is 81.1 Å². The molecule has 0 amide bonds. The maximum Gasteiger partial charge on any atom is 0.0561 e. The molecule has 3 heteroatoms. The minimum absolute atomic E-state index is 0.585. The Kier molecular flexibility index (Phi) is 8.82. The van der Waals surface area contributed by atoms with E-state index in [-0.39, 0.29) is 0 Å². The van der Waals surface area contributed by atoms with Gasteiger partial charge in [-0.25, -0.2) is 0 Å². The summed E-state index contributed by atoms with van der Waals surface area (Å²) in [5, 5.41) is 7.86. The highest BCUT2D eigenvalue weighted by Crippen LogP contribution is 2.47. The molecular weight excluding hydrogens is 757 g/mol. The van der Waals surface area contributed by atoms with Gasteiger partial charge in [0.05, 0.1) is 16.7 Å². The Balaban J connectivity index is 1.08. The van der Waals surface area contributed by atoms with E-state index in [4.69, 9.17) is 0 Å². The molecule has 11 aromatic rings. The van der Waals surface area contributed by atoms with Crippen molar-refractivity contribution < 1.29 is 0 Å². The van der Waals surface area contributed by atoms with Gasteiger partial charge in [0, 0.05) is 53.6 Å². The van der Waals surface area contributed by atoms with Crippen LogP contribution >= 0.6 is 11.3 Å². The van der Waals surface area contributed by atoms with Crippen LogP contribution < -0.4 is 4.90 Å². The molecule has 1 aliphatic carbocycles. The summed E-state index contributed by atoms with van der Waals surface area (Å²) in [5.74, 6) is 0.585. The Morgan fingerprint density at radius 2 is 1.11 bits per heavy atom. The lowest BCUT2D eigenvalue weighted by molar-refractivity contribution is 0.445. The van der Waals surface area contributed by atoms with Crippen LogP contribution in [0.1, 0.15) is 43.6 Å². The Morgan fingerprint density at radius 1 is 0.459 bits per heavy atom. The summed E-state index contributed by atoms with van der Waals surface area (Å²) in [6.45, 7) is 0. The first-order chi connectivity index (χ1) is 30.3. The highest BCUT2D eigenvalue weighted by atomic mass is 32.1. The SMILES string of the molecule is c1ccc(-n2c3ccccc3c3ccc(N(c4ccc(-c5cccc6c5sc5ccccc56)cc4)c4ccccc4-c4cccc5cccc(C6CCCCC6)c45)cc32)cc1. The number of benzene rings is 9. The molecule has 2 heterocycles. The summed E-state index contributed by atoms with van der Waals surface area (Å²) < 4.78 is 5.09. The van der Waals surface area contributed by atoms with Gasteiger partial charge in [0.1, 0.15) is 0 Å². The van der Waals surface area contributed by atoms with Crippen LogP contribution in [0.3, 0.4) is 0 Å². The minimum atomic E-state index is 0.585. The monoisotopic (exact) mass is 800 g/mol. The van der Waals surface area contributed by atoms with E-state index >= 15 is 0 Å². The maximum absolute atomic E-state index is 2.49. The van der Waals surface area contributed by atoms with Crippen molar-refractivity contribution in [1.82, 2.24) is 4.57 Å². The van der Waals surface area contributed by atoms with Crippen molar-refractivity contribution in [3.8, 4) is 27.9 Å². The minimum Gasteiger partial charge on any atom is -0.310 e. The predicted molar refractivity (Wildman–Crippen MR) is 263 cm³/mol. The summed E-state index contributed by atoms with van der Waals surface area (Å²) in [4.78, 5) is 2.49. The van der Waals surface area contributed by atoms with E-state index in [9.17, 15) is 0 Å². The lowest BCUT2D eigenvalue weighted by Gasteiger charge is -2.29. The second kappa shape index (κ2) is 15.0. The molecule has 0 aliphatic heterocycles. The number of anilines is 3. The lowest BCUT2D eigenvalue weighted by atomic mass is 9.80. The number of fused-ring (bicyclic) bond motifs is 7. The molecule has 61 heavy (non-hydrogen) atoms. The van der Waals surface area contributed by atoms with Crippen molar-refractivity contribution in [3.05, 3.63) is 206 Å². The molecule has 2 nitrogen and oxygen atoms in total. The molecule has 1 aliphatic rings. The summed E-state index contributed by atoms with van der Waals surface area (Å²) in [6, 6.07) is 74.5. The van der Waals surface area contributed by atoms with Crippen LogP contribution in [-0.4, -0.2) is 4.57 Å². The lowest BCUT2D eigenvalue weighted by Crippen LogP contribution is -2.12. The normalized spacial score (nSPS) is 13.5. The van der Waals surface area contributed by atoms with Crippen molar-refractivity contribution in [1.29, 1.82) is 0 Å². The van der Waals surface area contributed by atoms with Crippen molar-refractivity contribution in [2.75, 3.05) is 4.90 Å². The van der Waals surface area contributed by atoms with Crippen molar-refractivity contribution in [2.24, 2.45) is 0 Å². The van der Waals surface area contributed by atoms with Gasteiger partial charge < -0.3 is 9.47 Å². The molecule has 0 radical (unpaired) electrons. The van der Waals surface area contributed by atoms with Gasteiger partial charge in [-0.05, 0) is 106 Å². The van der Waals surface area contributed by atoms with Gasteiger partial charge in [-0.2, -0.15) is 0 Å². The van der Waals surface area contributed by atoms with E-state index in [1.54, 1.807) is 0 Å². The molecule has 0 atom stereocenters. The van der Waals surface area contributed by atoms with E-state index in [1.165, 1.54) is 113 Å². The van der Waals surface area contributed by atoms with Crippen LogP contribution in [0.4, 0.5) is 17.1 Å². The number of thiophene rings is 1. The van der Waals surface area contributed by atoms with Gasteiger partial charge >= 0.3 is 0 Å². The quantitative estimate of drug-likeness (QED) is 0.156. The van der Waals surface area contributed by atoms with Crippen LogP contribution in [-0.2, 0) is 0 Å². The summed E-state index contributed by atoms with van der Waals surface area (Å²) in [7, 11) is 0. The first-order valence-corrected chi connectivity index (χ1v) is 22.6. The molecule has 0 unspecified atom stereocenters. The zero-order chi connectivity index (χ0) is 40.3. The first-order valence-electron chi connectivity index (χ1n) is 21.8. The molecule has 0 saturated heterocycles. The van der Waals surface area contributed by atoms with Crippen molar-refractivity contribution in [3.63, 3.8) is 0 Å². The molecule has 0 N–H and O–H groups in total. The molecule has 292 valence electrons. The Bertz CT molecular complexity index is 3400. The van der Waals surface area contributed by atoms with E-state index in [0.29, 0.717) is 5.92 Å². The topological polar surface area (TPSA) is 8.17 Å². The number of para-hydroxylation sites is 3. The van der Waals surface area contributed by atoms with Gasteiger partial charge in [-0.3, -0.25) is 0 Å². The highest BCUT2D eigenvalue weighted by Gasteiger charge is 2.24. The molecule has 0 spiro atoms. The first kappa shape index (κ1) is 36.0. The van der Waals surface area contributed by atoms with Crippen LogP contribution in [0.2, 0.25) is 0 Å². The molecule has 9 aromatic carbocycles. The fourth-order valence-corrected chi connectivity index (χ4v) is 11.6. The van der Waals surface area contributed by atoms with E-state index in [0.717, 1.165) is 22.7 Å². The average Bonchev–Trinajstić information content (AvgIpc) is 3.88. The van der Waals surface area contributed by atoms with Crippen LogP contribution in [0.25, 0.3) is 80.7 Å². The fourth-order valence-electron chi connectivity index (χ4n) is 10.4. The Hall–Kier alpha value is -6.94. The smallest absolute Gasteiger partial charge is 0.0561 e. The van der Waals surface area contributed by atoms with E-state index < -0.39 is 0 Å². The predicted octanol–water partition coefficient (Wildman–Crippen LogP) is 17.2. The van der Waals surface area contributed by atoms with Gasteiger partial charge in [0.2, 0.25) is 0 Å². The Morgan fingerprint density at radius 3 is 1.98 bits per heavy atom. The highest BCUT2D eigenvalue weighted by molar-refractivity contribution is 7.26. The van der Waals surface area contributed by atoms with Crippen LogP contribution in [0, 0.1) is 0 Å². The molecule has 12 rings (SSSR count). The zero-order valence-corrected chi connectivity index (χ0v) is 34.8. The second-order valence-electron chi connectivity index (χ2n) is 16.7. The van der Waals surface area contributed by atoms with Crippen LogP contribution in [0.5, 0.6) is 0 Å². The van der Waals surface area contributed by atoms with Gasteiger partial charge in [-0.1, -0.05) is 165 Å². The largest absolute Gasteiger partial charge is 0.310 e. The number of rotatable bonds is 7. The third kappa shape index (κ3) is 6.06. The van der Waals surface area contributed by atoms with E-state index in [2.05, 4.69) is 210 Å². The van der Waals surface area contributed by atoms with E-state index in [1.807, 2.05) is 11.3 Å². The summed E-state index contributed by atoms with van der Waals surface area (Å²) in [5.41, 5.74) is 13.5. The fraction of sp³-hybridized carbons (Fsp3) is 0.103. The number of hydrogen-bond donors (Lipinski definition) is 0. The molecule has 1 saturated carbocycles. The Labute approximate surface area is 360 Å². The molecule has 1 fully saturated rings. The van der Waals surface area contributed by atoms with Crippen molar-refractivity contribution in [2.45, 2.75) is 38.0 Å². The van der Waals surface area contributed by atoms with Crippen LogP contribution in [0.15, 0.2) is 200 Å². The third-order valence-corrected chi connectivity index (χ3v) is 14.4. The molecular formula is C58H44N2S.